The molecule has 0 amide bonds. The van der Waals surface area contributed by atoms with Crippen molar-refractivity contribution in [3.63, 3.8) is 0 Å². The van der Waals surface area contributed by atoms with Crippen LogP contribution in [0.15, 0.2) is 30.6 Å². The van der Waals surface area contributed by atoms with Gasteiger partial charge < -0.3 is 5.32 Å². The number of hydrogen-bond acceptors (Lipinski definition) is 4. The van der Waals surface area contributed by atoms with Gasteiger partial charge in [0.15, 0.2) is 0 Å². The molecule has 0 aliphatic heterocycles. The van der Waals surface area contributed by atoms with Crippen molar-refractivity contribution in [2.45, 2.75) is 19.1 Å². The molecular weight excluding hydrogens is 350 g/mol. The Kier molecular flexibility index (Phi) is 4.04. The van der Waals surface area contributed by atoms with Gasteiger partial charge in [0, 0.05) is 0 Å². The van der Waals surface area contributed by atoms with Crippen LogP contribution in [0.25, 0.3) is 16.9 Å². The quantitative estimate of drug-likeness (QED) is 0.568. The molecule has 3 aromatic rings. The van der Waals surface area contributed by atoms with Gasteiger partial charge in [0.05, 0.1) is 5.56 Å². The highest BCUT2D eigenvalue weighted by atomic mass is 35.5. The normalized spacial score (nSPS) is 13.2. The van der Waals surface area contributed by atoms with Crippen LogP contribution in [-0.2, 0) is 0 Å². The predicted octanol–water partition coefficient (Wildman–Crippen LogP) is 3.95. The highest BCUT2D eigenvalue weighted by Gasteiger charge is 2.37. The van der Waals surface area contributed by atoms with Crippen molar-refractivity contribution in [3.8, 4) is 11.1 Å². The molecule has 5 nitrogen and oxygen atoms in total. The molecule has 0 aliphatic rings. The molecule has 3 rings (SSSR count). The zero-order valence-corrected chi connectivity index (χ0v) is 12.9. The number of halogens is 5. The van der Waals surface area contributed by atoms with Gasteiger partial charge in [-0.25, -0.2) is 4.39 Å². The number of anilines is 1. The number of rotatable bonds is 3. The zero-order chi connectivity index (χ0) is 17.5. The number of hydrogen-bond donors (Lipinski definition) is 1. The van der Waals surface area contributed by atoms with E-state index in [0.29, 0.717) is 5.56 Å². The lowest BCUT2D eigenvalue weighted by Crippen LogP contribution is -2.34. The number of aromatic nitrogens is 4. The molecule has 10 heteroatoms. The Morgan fingerprint density at radius 2 is 1.88 bits per heavy atom. The average molecular weight is 360 g/mol. The van der Waals surface area contributed by atoms with E-state index in [1.54, 1.807) is 0 Å². The van der Waals surface area contributed by atoms with E-state index in [1.165, 1.54) is 24.3 Å². The molecule has 0 spiro atoms. The Hall–Kier alpha value is -2.42. The Labute approximate surface area is 138 Å². The zero-order valence-electron chi connectivity index (χ0n) is 12.1. The van der Waals surface area contributed by atoms with Gasteiger partial charge in [-0.1, -0.05) is 23.7 Å². The summed E-state index contributed by atoms with van der Waals surface area (Å²) in [7, 11) is 0. The number of nitrogens with zero attached hydrogens (tertiary/aromatic N) is 4. The highest BCUT2D eigenvalue weighted by Crippen LogP contribution is 2.35. The van der Waals surface area contributed by atoms with E-state index in [4.69, 9.17) is 11.6 Å². The summed E-state index contributed by atoms with van der Waals surface area (Å²) in [5.74, 6) is -0.468. The summed E-state index contributed by atoms with van der Waals surface area (Å²) in [6.45, 7) is 0.964. The third-order valence-electron chi connectivity index (χ3n) is 3.36. The van der Waals surface area contributed by atoms with Crippen LogP contribution < -0.4 is 5.32 Å². The van der Waals surface area contributed by atoms with Crippen molar-refractivity contribution < 1.29 is 17.6 Å². The van der Waals surface area contributed by atoms with Gasteiger partial charge in [-0.3, -0.25) is 0 Å². The first-order chi connectivity index (χ1) is 11.3. The van der Waals surface area contributed by atoms with E-state index >= 15 is 0 Å². The van der Waals surface area contributed by atoms with E-state index in [2.05, 4.69) is 20.4 Å². The lowest BCUT2D eigenvalue weighted by atomic mass is 10.1. The van der Waals surface area contributed by atoms with Crippen LogP contribution in [0, 0.1) is 5.82 Å². The minimum atomic E-state index is -4.48. The number of benzene rings is 1. The fourth-order valence-electron chi connectivity index (χ4n) is 2.11. The van der Waals surface area contributed by atoms with E-state index < -0.39 is 18.0 Å². The molecule has 24 heavy (non-hydrogen) atoms. The fourth-order valence-corrected chi connectivity index (χ4v) is 2.38. The summed E-state index contributed by atoms with van der Waals surface area (Å²) in [6, 6.07) is 3.26. The summed E-state index contributed by atoms with van der Waals surface area (Å²) in [5.41, 5.74) is 0.564. The molecule has 126 valence electrons. The number of fused-ring (bicyclic) bond motifs is 1. The van der Waals surface area contributed by atoms with E-state index in [9.17, 15) is 17.6 Å². The summed E-state index contributed by atoms with van der Waals surface area (Å²) < 4.78 is 53.1. The van der Waals surface area contributed by atoms with Crippen LogP contribution in [0.3, 0.4) is 0 Å². The standard InChI is InChI=1S/C14H10ClF4N5/c1-7(14(17,18)19)22-12-10(8-2-4-9(16)5-3-8)11(15)23-13-20-6-21-24(12)13/h2-7,22H,1H3/t7-/m0/s1. The first kappa shape index (κ1) is 16.4. The first-order valence-corrected chi connectivity index (χ1v) is 7.13. The molecule has 0 aliphatic carbocycles. The van der Waals surface area contributed by atoms with Gasteiger partial charge in [-0.15, -0.1) is 0 Å². The van der Waals surface area contributed by atoms with Crippen molar-refractivity contribution in [1.82, 2.24) is 19.6 Å². The molecule has 1 atom stereocenters. The lowest BCUT2D eigenvalue weighted by molar-refractivity contribution is -0.138. The molecular formula is C14H10ClF4N5. The molecule has 0 saturated heterocycles. The molecule has 0 fully saturated rings. The smallest absolute Gasteiger partial charge is 0.358 e. The minimum Gasteiger partial charge on any atom is -0.358 e. The van der Waals surface area contributed by atoms with E-state index in [1.807, 2.05) is 0 Å². The lowest BCUT2D eigenvalue weighted by Gasteiger charge is -2.21. The second-order valence-electron chi connectivity index (χ2n) is 5.01. The Balaban J connectivity index is 2.21. The van der Waals surface area contributed by atoms with E-state index in [-0.39, 0.29) is 22.3 Å². The van der Waals surface area contributed by atoms with Crippen molar-refractivity contribution in [2.24, 2.45) is 0 Å². The third-order valence-corrected chi connectivity index (χ3v) is 3.63. The second-order valence-corrected chi connectivity index (χ2v) is 5.37. The molecule has 1 aromatic carbocycles. The van der Waals surface area contributed by atoms with Crippen LogP contribution in [0.1, 0.15) is 6.92 Å². The van der Waals surface area contributed by atoms with Crippen LogP contribution in [-0.4, -0.2) is 31.8 Å². The van der Waals surface area contributed by atoms with Gasteiger partial charge in [0.25, 0.3) is 5.78 Å². The van der Waals surface area contributed by atoms with Crippen LogP contribution >= 0.6 is 11.6 Å². The highest BCUT2D eigenvalue weighted by molar-refractivity contribution is 6.32. The monoisotopic (exact) mass is 359 g/mol. The van der Waals surface area contributed by atoms with Crippen LogP contribution in [0.5, 0.6) is 0 Å². The summed E-state index contributed by atoms with van der Waals surface area (Å²) in [4.78, 5) is 7.84. The maximum absolute atomic E-state index is 13.1. The van der Waals surface area contributed by atoms with Gasteiger partial charge in [-0.2, -0.15) is 32.8 Å². The maximum atomic E-state index is 13.1. The SMILES string of the molecule is C[C@H](Nc1c(-c2ccc(F)cc2)c(Cl)nc2ncnn12)C(F)(F)F. The summed E-state index contributed by atoms with van der Waals surface area (Å²) in [5, 5.41) is 6.16. The molecule has 0 radical (unpaired) electrons. The number of alkyl halides is 3. The van der Waals surface area contributed by atoms with Gasteiger partial charge in [0.1, 0.15) is 29.2 Å². The van der Waals surface area contributed by atoms with Crippen LogP contribution in [0.4, 0.5) is 23.4 Å². The third kappa shape index (κ3) is 2.99. The van der Waals surface area contributed by atoms with Gasteiger partial charge in [0.2, 0.25) is 0 Å². The number of nitrogens with one attached hydrogen (secondary N) is 1. The maximum Gasteiger partial charge on any atom is 0.408 e. The first-order valence-electron chi connectivity index (χ1n) is 6.76. The molecule has 0 bridgehead atoms. The van der Waals surface area contributed by atoms with Crippen molar-refractivity contribution in [1.29, 1.82) is 0 Å². The van der Waals surface area contributed by atoms with Gasteiger partial charge in [-0.05, 0) is 24.6 Å². The summed E-state index contributed by atoms with van der Waals surface area (Å²) >= 11 is 6.13. The van der Waals surface area contributed by atoms with Crippen molar-refractivity contribution >= 4 is 23.2 Å². The topological polar surface area (TPSA) is 55.1 Å². The van der Waals surface area contributed by atoms with Crippen molar-refractivity contribution in [3.05, 3.63) is 41.6 Å². The average Bonchev–Trinajstić information content (AvgIpc) is 2.95. The molecule has 0 saturated carbocycles. The molecule has 0 unspecified atom stereocenters. The predicted molar refractivity (Wildman–Crippen MR) is 80.3 cm³/mol. The Bertz CT molecular complexity index is 875. The van der Waals surface area contributed by atoms with Gasteiger partial charge >= 0.3 is 6.18 Å². The Morgan fingerprint density at radius 1 is 1.21 bits per heavy atom. The minimum absolute atomic E-state index is 0.0288. The fraction of sp³-hybridized carbons (Fsp3) is 0.214. The summed E-state index contributed by atoms with van der Waals surface area (Å²) in [6.07, 6.45) is -3.33. The molecule has 2 aromatic heterocycles. The van der Waals surface area contributed by atoms with E-state index in [0.717, 1.165) is 17.8 Å². The van der Waals surface area contributed by atoms with Crippen molar-refractivity contribution in [2.75, 3.05) is 5.32 Å². The second kappa shape index (κ2) is 5.90. The van der Waals surface area contributed by atoms with Crippen LogP contribution in [0.2, 0.25) is 5.15 Å². The molecule has 1 N–H and O–H groups in total. The largest absolute Gasteiger partial charge is 0.408 e. The Morgan fingerprint density at radius 3 is 2.50 bits per heavy atom. The molecule has 2 heterocycles.